The lowest BCUT2D eigenvalue weighted by atomic mass is 10.2. The SMILES string of the molecule is CCC(CNC(=NC)NCCC(F)(F)F)N1CCCC1.I. The minimum atomic E-state index is -4.13. The van der Waals surface area contributed by atoms with Crippen LogP contribution in [0, 0.1) is 0 Å². The van der Waals surface area contributed by atoms with E-state index in [0.717, 1.165) is 19.5 Å². The summed E-state index contributed by atoms with van der Waals surface area (Å²) >= 11 is 0. The van der Waals surface area contributed by atoms with Crippen LogP contribution < -0.4 is 10.6 Å². The van der Waals surface area contributed by atoms with Gasteiger partial charge in [0.25, 0.3) is 0 Å². The van der Waals surface area contributed by atoms with Crippen molar-refractivity contribution in [1.29, 1.82) is 0 Å². The Labute approximate surface area is 142 Å². The van der Waals surface area contributed by atoms with Gasteiger partial charge >= 0.3 is 6.18 Å². The molecule has 0 saturated carbocycles. The van der Waals surface area contributed by atoms with Crippen LogP contribution in [0.3, 0.4) is 0 Å². The lowest BCUT2D eigenvalue weighted by molar-refractivity contribution is -0.132. The van der Waals surface area contributed by atoms with Crippen LogP contribution >= 0.6 is 24.0 Å². The lowest BCUT2D eigenvalue weighted by Gasteiger charge is -2.27. The summed E-state index contributed by atoms with van der Waals surface area (Å²) in [6.45, 7) is 4.91. The van der Waals surface area contributed by atoms with E-state index in [9.17, 15) is 13.2 Å². The zero-order valence-corrected chi connectivity index (χ0v) is 15.0. The fraction of sp³-hybridized carbons (Fsp3) is 0.923. The highest BCUT2D eigenvalue weighted by molar-refractivity contribution is 14.0. The molecule has 1 unspecified atom stereocenters. The summed E-state index contributed by atoms with van der Waals surface area (Å²) in [5.74, 6) is 0.437. The summed E-state index contributed by atoms with van der Waals surface area (Å²) in [4.78, 5) is 6.38. The van der Waals surface area contributed by atoms with Gasteiger partial charge in [-0.15, -0.1) is 24.0 Å². The van der Waals surface area contributed by atoms with Crippen LogP contribution in [0.2, 0.25) is 0 Å². The molecule has 0 aliphatic carbocycles. The first-order valence-electron chi connectivity index (χ1n) is 7.21. The van der Waals surface area contributed by atoms with E-state index in [2.05, 4.69) is 27.4 Å². The average molecular weight is 422 g/mol. The Balaban J connectivity index is 0.00000400. The van der Waals surface area contributed by atoms with E-state index in [1.807, 2.05) is 0 Å². The largest absolute Gasteiger partial charge is 0.390 e. The van der Waals surface area contributed by atoms with Gasteiger partial charge in [0.05, 0.1) is 6.42 Å². The Kier molecular flexibility index (Phi) is 10.3. The summed E-state index contributed by atoms with van der Waals surface area (Å²) < 4.78 is 36.2. The molecule has 0 aromatic heterocycles. The van der Waals surface area contributed by atoms with Crippen LogP contribution in [0.25, 0.3) is 0 Å². The van der Waals surface area contributed by atoms with E-state index in [-0.39, 0.29) is 30.5 Å². The molecule has 4 nitrogen and oxygen atoms in total. The van der Waals surface area contributed by atoms with Gasteiger partial charge in [-0.25, -0.2) is 0 Å². The first kappa shape index (κ1) is 20.8. The average Bonchev–Trinajstić information content (AvgIpc) is 2.90. The van der Waals surface area contributed by atoms with Gasteiger partial charge in [0, 0.05) is 26.2 Å². The van der Waals surface area contributed by atoms with Crippen molar-refractivity contribution in [2.75, 3.05) is 33.2 Å². The highest BCUT2D eigenvalue weighted by Gasteiger charge is 2.26. The Morgan fingerprint density at radius 2 is 1.86 bits per heavy atom. The maximum atomic E-state index is 12.1. The molecule has 2 N–H and O–H groups in total. The van der Waals surface area contributed by atoms with Crippen LogP contribution in [-0.2, 0) is 0 Å². The van der Waals surface area contributed by atoms with Crippen molar-refractivity contribution >= 4 is 29.9 Å². The molecule has 0 radical (unpaired) electrons. The Hall–Kier alpha value is -0.250. The number of hydrogen-bond acceptors (Lipinski definition) is 2. The predicted octanol–water partition coefficient (Wildman–Crippen LogP) is 2.60. The topological polar surface area (TPSA) is 39.7 Å². The molecule has 1 atom stereocenters. The second-order valence-corrected chi connectivity index (χ2v) is 5.05. The standard InChI is InChI=1S/C13H25F3N4.HI/c1-3-11(20-8-4-5-9-20)10-19-12(17-2)18-7-6-13(14,15)16;/h11H,3-10H2,1-2H3,(H2,17,18,19);1H. The third-order valence-electron chi connectivity index (χ3n) is 3.56. The molecule has 21 heavy (non-hydrogen) atoms. The molecule has 1 aliphatic heterocycles. The Morgan fingerprint density at radius 3 is 2.33 bits per heavy atom. The molecular formula is C13H26F3IN4. The van der Waals surface area contributed by atoms with Gasteiger partial charge in [-0.1, -0.05) is 6.92 Å². The van der Waals surface area contributed by atoms with E-state index in [0.29, 0.717) is 18.5 Å². The third kappa shape index (κ3) is 8.70. The summed E-state index contributed by atoms with van der Waals surface area (Å²) in [5, 5.41) is 5.81. The summed E-state index contributed by atoms with van der Waals surface area (Å²) in [6.07, 6.45) is -1.50. The van der Waals surface area contributed by atoms with Crippen molar-refractivity contribution in [1.82, 2.24) is 15.5 Å². The number of halogens is 4. The number of guanidine groups is 1. The number of nitrogens with zero attached hydrogens (tertiary/aromatic N) is 2. The molecule has 8 heteroatoms. The normalized spacial score (nSPS) is 18.2. The molecule has 1 heterocycles. The Morgan fingerprint density at radius 1 is 1.24 bits per heavy atom. The second kappa shape index (κ2) is 10.5. The first-order chi connectivity index (χ1) is 9.46. The number of hydrogen-bond donors (Lipinski definition) is 2. The van der Waals surface area contributed by atoms with E-state index in [4.69, 9.17) is 0 Å². The molecule has 126 valence electrons. The molecule has 1 saturated heterocycles. The highest BCUT2D eigenvalue weighted by atomic mass is 127. The number of nitrogens with one attached hydrogen (secondary N) is 2. The van der Waals surface area contributed by atoms with E-state index < -0.39 is 12.6 Å². The maximum Gasteiger partial charge on any atom is 0.390 e. The second-order valence-electron chi connectivity index (χ2n) is 5.05. The van der Waals surface area contributed by atoms with Crippen LogP contribution in [0.1, 0.15) is 32.6 Å². The number of rotatable bonds is 6. The smallest absolute Gasteiger partial charge is 0.356 e. The minimum absolute atomic E-state index is 0. The van der Waals surface area contributed by atoms with Gasteiger partial charge in [0.1, 0.15) is 0 Å². The van der Waals surface area contributed by atoms with Gasteiger partial charge in [0.15, 0.2) is 5.96 Å². The van der Waals surface area contributed by atoms with Crippen molar-refractivity contribution in [2.45, 2.75) is 44.8 Å². The van der Waals surface area contributed by atoms with E-state index in [1.54, 1.807) is 7.05 Å². The molecule has 0 bridgehead atoms. The van der Waals surface area contributed by atoms with Crippen LogP contribution in [0.4, 0.5) is 13.2 Å². The third-order valence-corrected chi connectivity index (χ3v) is 3.56. The lowest BCUT2D eigenvalue weighted by Crippen LogP contribution is -2.46. The summed E-state index contributed by atoms with van der Waals surface area (Å²) in [5.41, 5.74) is 0. The van der Waals surface area contributed by atoms with Gasteiger partial charge in [-0.3, -0.25) is 9.89 Å². The van der Waals surface area contributed by atoms with Crippen molar-refractivity contribution in [2.24, 2.45) is 4.99 Å². The number of likely N-dealkylation sites (tertiary alicyclic amines) is 1. The molecule has 1 rings (SSSR count). The van der Waals surface area contributed by atoms with Crippen LogP contribution in [-0.4, -0.2) is 56.3 Å². The van der Waals surface area contributed by atoms with Gasteiger partial charge in [0.2, 0.25) is 0 Å². The monoisotopic (exact) mass is 422 g/mol. The maximum absolute atomic E-state index is 12.1. The molecule has 1 fully saturated rings. The van der Waals surface area contributed by atoms with Crippen molar-refractivity contribution in [3.63, 3.8) is 0 Å². The molecular weight excluding hydrogens is 396 g/mol. The highest BCUT2D eigenvalue weighted by Crippen LogP contribution is 2.18. The van der Waals surface area contributed by atoms with Crippen molar-refractivity contribution in [3.05, 3.63) is 0 Å². The summed E-state index contributed by atoms with van der Waals surface area (Å²) in [6, 6.07) is 0.415. The molecule has 0 aromatic carbocycles. The zero-order valence-electron chi connectivity index (χ0n) is 12.7. The van der Waals surface area contributed by atoms with E-state index >= 15 is 0 Å². The fourth-order valence-electron chi connectivity index (χ4n) is 2.40. The van der Waals surface area contributed by atoms with Gasteiger partial charge in [-0.05, 0) is 32.4 Å². The predicted molar refractivity (Wildman–Crippen MR) is 90.3 cm³/mol. The molecule has 0 amide bonds. The van der Waals surface area contributed by atoms with E-state index in [1.165, 1.54) is 12.8 Å². The first-order valence-corrected chi connectivity index (χ1v) is 7.21. The molecule has 0 spiro atoms. The zero-order chi connectivity index (χ0) is 15.0. The van der Waals surface area contributed by atoms with Gasteiger partial charge in [-0.2, -0.15) is 13.2 Å². The fourth-order valence-corrected chi connectivity index (χ4v) is 2.40. The number of alkyl halides is 3. The van der Waals surface area contributed by atoms with Crippen molar-refractivity contribution in [3.8, 4) is 0 Å². The molecule has 1 aliphatic rings. The van der Waals surface area contributed by atoms with Crippen LogP contribution in [0.5, 0.6) is 0 Å². The quantitative estimate of drug-likeness (QED) is 0.393. The van der Waals surface area contributed by atoms with Gasteiger partial charge < -0.3 is 10.6 Å². The number of aliphatic imine (C=N–C) groups is 1. The summed E-state index contributed by atoms with van der Waals surface area (Å²) in [7, 11) is 1.57. The molecule has 0 aromatic rings. The van der Waals surface area contributed by atoms with Crippen molar-refractivity contribution < 1.29 is 13.2 Å². The minimum Gasteiger partial charge on any atom is -0.356 e. The Bertz CT molecular complexity index is 304. The van der Waals surface area contributed by atoms with Crippen LogP contribution in [0.15, 0.2) is 4.99 Å².